The van der Waals surface area contributed by atoms with E-state index in [1.165, 1.54) is 4.88 Å². The molecule has 1 aliphatic rings. The molecule has 0 aromatic carbocycles. The Bertz CT molecular complexity index is 250. The first-order chi connectivity index (χ1) is 6.34. The van der Waals surface area contributed by atoms with E-state index in [4.69, 9.17) is 0 Å². The SMILES string of the molecule is O[C@H]1CCCN(Cc2cncs2)C1. The Labute approximate surface area is 82.0 Å². The van der Waals surface area contributed by atoms with Gasteiger partial charge in [-0.05, 0) is 19.4 Å². The molecule has 1 aromatic heterocycles. The van der Waals surface area contributed by atoms with E-state index in [2.05, 4.69) is 9.88 Å². The Kier molecular flexibility index (Phi) is 2.93. The molecule has 4 heteroatoms. The number of thiazole rings is 1. The van der Waals surface area contributed by atoms with Gasteiger partial charge >= 0.3 is 0 Å². The zero-order chi connectivity index (χ0) is 9.10. The van der Waals surface area contributed by atoms with Crippen molar-refractivity contribution in [2.75, 3.05) is 13.1 Å². The van der Waals surface area contributed by atoms with Crippen LogP contribution in [0, 0.1) is 0 Å². The van der Waals surface area contributed by atoms with Gasteiger partial charge in [0, 0.05) is 24.2 Å². The predicted octanol–water partition coefficient (Wildman–Crippen LogP) is 1.10. The van der Waals surface area contributed by atoms with Crippen LogP contribution in [0.1, 0.15) is 17.7 Å². The number of rotatable bonds is 2. The standard InChI is InChI=1S/C9H14N2OS/c12-8-2-1-3-11(5-8)6-9-4-10-7-13-9/h4,7-8,12H,1-3,5-6H2/t8-/m0/s1. The third-order valence-electron chi connectivity index (χ3n) is 2.34. The molecule has 2 rings (SSSR count). The molecule has 0 amide bonds. The third-order valence-corrected chi connectivity index (χ3v) is 3.11. The number of likely N-dealkylation sites (tertiary alicyclic amines) is 1. The summed E-state index contributed by atoms with van der Waals surface area (Å²) in [7, 11) is 0. The molecule has 3 nitrogen and oxygen atoms in total. The molecule has 1 atom stereocenters. The monoisotopic (exact) mass is 198 g/mol. The summed E-state index contributed by atoms with van der Waals surface area (Å²) in [6, 6.07) is 0. The van der Waals surface area contributed by atoms with E-state index < -0.39 is 0 Å². The molecule has 13 heavy (non-hydrogen) atoms. The van der Waals surface area contributed by atoms with E-state index in [1.54, 1.807) is 11.3 Å². The summed E-state index contributed by atoms with van der Waals surface area (Å²) in [6.45, 7) is 2.87. The van der Waals surface area contributed by atoms with Gasteiger partial charge in [0.25, 0.3) is 0 Å². The highest BCUT2D eigenvalue weighted by atomic mass is 32.1. The average molecular weight is 198 g/mol. The quantitative estimate of drug-likeness (QED) is 0.773. The highest BCUT2D eigenvalue weighted by Crippen LogP contribution is 2.15. The Morgan fingerprint density at radius 2 is 2.62 bits per heavy atom. The highest BCUT2D eigenvalue weighted by Gasteiger charge is 2.17. The van der Waals surface area contributed by atoms with Gasteiger partial charge in [-0.3, -0.25) is 9.88 Å². The van der Waals surface area contributed by atoms with Gasteiger partial charge in [0.05, 0.1) is 11.6 Å². The fraction of sp³-hybridized carbons (Fsp3) is 0.667. The molecule has 72 valence electrons. The van der Waals surface area contributed by atoms with Crippen LogP contribution >= 0.6 is 11.3 Å². The molecule has 0 aliphatic carbocycles. The average Bonchev–Trinajstić information content (AvgIpc) is 2.57. The van der Waals surface area contributed by atoms with Crippen molar-refractivity contribution in [3.05, 3.63) is 16.6 Å². The van der Waals surface area contributed by atoms with Crippen LogP contribution in [0.25, 0.3) is 0 Å². The third kappa shape index (κ3) is 2.49. The lowest BCUT2D eigenvalue weighted by Gasteiger charge is -2.29. The van der Waals surface area contributed by atoms with Gasteiger partial charge in [-0.15, -0.1) is 11.3 Å². The van der Waals surface area contributed by atoms with E-state index >= 15 is 0 Å². The Hall–Kier alpha value is -0.450. The van der Waals surface area contributed by atoms with Gasteiger partial charge in [-0.1, -0.05) is 0 Å². The van der Waals surface area contributed by atoms with Crippen molar-refractivity contribution in [2.45, 2.75) is 25.5 Å². The van der Waals surface area contributed by atoms with Crippen molar-refractivity contribution in [1.29, 1.82) is 0 Å². The first kappa shape index (κ1) is 9.12. The topological polar surface area (TPSA) is 36.4 Å². The zero-order valence-electron chi connectivity index (χ0n) is 7.52. The van der Waals surface area contributed by atoms with Crippen LogP contribution in [0.2, 0.25) is 0 Å². The van der Waals surface area contributed by atoms with Crippen LogP contribution in [0.15, 0.2) is 11.7 Å². The first-order valence-electron chi connectivity index (χ1n) is 4.62. The van der Waals surface area contributed by atoms with Crippen molar-refractivity contribution < 1.29 is 5.11 Å². The van der Waals surface area contributed by atoms with E-state index in [0.29, 0.717) is 0 Å². The van der Waals surface area contributed by atoms with Gasteiger partial charge in [-0.2, -0.15) is 0 Å². The largest absolute Gasteiger partial charge is 0.392 e. The molecule has 0 saturated carbocycles. The Balaban J connectivity index is 1.87. The molecule has 2 heterocycles. The van der Waals surface area contributed by atoms with Gasteiger partial charge in [0.1, 0.15) is 0 Å². The summed E-state index contributed by atoms with van der Waals surface area (Å²) in [5.74, 6) is 0. The van der Waals surface area contributed by atoms with Crippen LogP contribution in [-0.4, -0.2) is 34.2 Å². The molecule has 1 fully saturated rings. The van der Waals surface area contributed by atoms with Crippen LogP contribution in [0.5, 0.6) is 0 Å². The van der Waals surface area contributed by atoms with E-state index in [-0.39, 0.29) is 6.10 Å². The maximum Gasteiger partial charge on any atom is 0.0794 e. The molecule has 0 unspecified atom stereocenters. The number of aromatic nitrogens is 1. The summed E-state index contributed by atoms with van der Waals surface area (Å²) in [5.41, 5.74) is 1.86. The minimum Gasteiger partial charge on any atom is -0.392 e. The van der Waals surface area contributed by atoms with Crippen molar-refractivity contribution in [1.82, 2.24) is 9.88 Å². The summed E-state index contributed by atoms with van der Waals surface area (Å²) in [6.07, 6.45) is 3.85. The number of piperidine rings is 1. The molecular formula is C9H14N2OS. The lowest BCUT2D eigenvalue weighted by atomic mass is 10.1. The lowest BCUT2D eigenvalue weighted by Crippen LogP contribution is -2.37. The van der Waals surface area contributed by atoms with Crippen LogP contribution in [0.3, 0.4) is 0 Å². The van der Waals surface area contributed by atoms with Crippen LogP contribution in [-0.2, 0) is 6.54 Å². The number of aliphatic hydroxyl groups is 1. The minimum atomic E-state index is -0.123. The number of hydrogen-bond donors (Lipinski definition) is 1. The normalized spacial score (nSPS) is 24.8. The van der Waals surface area contributed by atoms with Crippen molar-refractivity contribution in [3.8, 4) is 0 Å². The fourth-order valence-corrected chi connectivity index (χ4v) is 2.35. The number of aliphatic hydroxyl groups excluding tert-OH is 1. The molecule has 1 aliphatic heterocycles. The maximum absolute atomic E-state index is 9.45. The summed E-state index contributed by atoms with van der Waals surface area (Å²) in [5, 5.41) is 9.45. The number of hydrogen-bond acceptors (Lipinski definition) is 4. The molecule has 0 radical (unpaired) electrons. The number of nitrogens with zero attached hydrogens (tertiary/aromatic N) is 2. The summed E-state index contributed by atoms with van der Waals surface area (Å²) >= 11 is 1.68. The highest BCUT2D eigenvalue weighted by molar-refractivity contribution is 7.09. The molecule has 1 N–H and O–H groups in total. The van der Waals surface area contributed by atoms with Crippen molar-refractivity contribution in [2.24, 2.45) is 0 Å². The lowest BCUT2D eigenvalue weighted by molar-refractivity contribution is 0.0673. The van der Waals surface area contributed by atoms with Crippen LogP contribution < -0.4 is 0 Å². The Morgan fingerprint density at radius 3 is 3.31 bits per heavy atom. The second-order valence-corrected chi connectivity index (χ2v) is 4.47. The van der Waals surface area contributed by atoms with Gasteiger partial charge in [0.2, 0.25) is 0 Å². The second kappa shape index (κ2) is 4.17. The summed E-state index contributed by atoms with van der Waals surface area (Å²) in [4.78, 5) is 7.62. The van der Waals surface area contributed by atoms with E-state index in [0.717, 1.165) is 32.5 Å². The molecule has 0 spiro atoms. The maximum atomic E-state index is 9.45. The van der Waals surface area contributed by atoms with Crippen LogP contribution in [0.4, 0.5) is 0 Å². The zero-order valence-corrected chi connectivity index (χ0v) is 8.33. The van der Waals surface area contributed by atoms with E-state index in [9.17, 15) is 5.11 Å². The summed E-state index contributed by atoms with van der Waals surface area (Å²) < 4.78 is 0. The van der Waals surface area contributed by atoms with Crippen molar-refractivity contribution >= 4 is 11.3 Å². The van der Waals surface area contributed by atoms with Gasteiger partial charge in [-0.25, -0.2) is 0 Å². The fourth-order valence-electron chi connectivity index (χ4n) is 1.72. The molecular weight excluding hydrogens is 184 g/mol. The second-order valence-electron chi connectivity index (χ2n) is 3.50. The van der Waals surface area contributed by atoms with Gasteiger partial charge < -0.3 is 5.11 Å². The minimum absolute atomic E-state index is 0.123. The molecule has 0 bridgehead atoms. The van der Waals surface area contributed by atoms with E-state index in [1.807, 2.05) is 11.7 Å². The van der Waals surface area contributed by atoms with Gasteiger partial charge in [0.15, 0.2) is 0 Å². The molecule has 1 aromatic rings. The predicted molar refractivity (Wildman–Crippen MR) is 52.6 cm³/mol. The Morgan fingerprint density at radius 1 is 1.69 bits per heavy atom. The smallest absolute Gasteiger partial charge is 0.0794 e. The molecule has 1 saturated heterocycles. The first-order valence-corrected chi connectivity index (χ1v) is 5.50. The van der Waals surface area contributed by atoms with Crippen molar-refractivity contribution in [3.63, 3.8) is 0 Å². The number of β-amino-alcohol motifs (C(OH)–C–C–N with tert-alkyl or cyclic N) is 1.